The topological polar surface area (TPSA) is 245 Å². The van der Waals surface area contributed by atoms with Gasteiger partial charge in [-0.25, -0.2) is 33.7 Å². The molecule has 8 aromatic carbocycles. The Hall–Kier alpha value is -6.27. The molecule has 0 amide bonds. The van der Waals surface area contributed by atoms with Gasteiger partial charge in [0.2, 0.25) is 39.3 Å². The van der Waals surface area contributed by atoms with Gasteiger partial charge in [-0.2, -0.15) is 16.8 Å². The zero-order valence-corrected chi connectivity index (χ0v) is 58.6. The Morgan fingerprint density at radius 3 is 0.774 bits per heavy atom. The van der Waals surface area contributed by atoms with Gasteiger partial charge in [-0.05, 0) is 122 Å². The quantitative estimate of drug-likeness (QED) is 0.0281. The van der Waals surface area contributed by atoms with E-state index in [1.54, 1.807) is 48.5 Å². The summed E-state index contributed by atoms with van der Waals surface area (Å²) in [6.45, 7) is 4.47. The smallest absolute Gasteiger partial charge is 0.282 e. The first-order valence-corrected chi connectivity index (χ1v) is 41.4. The number of sulfone groups is 4. The Bertz CT molecular complexity index is 4040. The first-order chi connectivity index (χ1) is 44.5. The van der Waals surface area contributed by atoms with Crippen LogP contribution in [0.2, 0.25) is 0 Å². The van der Waals surface area contributed by atoms with E-state index < -0.39 is 79.2 Å². The molecule has 2 N–H and O–H groups in total. The Kier molecular flexibility index (Phi) is 30.3. The SMILES string of the molecule is CCCCCCCCCCCCc1ccccc1S(=O)(=O)O.CCCCCCCCCCCCc1ccccc1S(=O)(=O)O.O=S(=O)(c1ccccc1)c1cccc(Sc2cccc(S(=O)(=O)c3ccccc3)c2S(=O)(=O)c2ccccc2)c1S(=O)(=O)c1ccccc1. The van der Waals surface area contributed by atoms with Crippen LogP contribution in [0.4, 0.5) is 0 Å². The summed E-state index contributed by atoms with van der Waals surface area (Å²) >= 11 is 0.648. The molecule has 0 aliphatic rings. The van der Waals surface area contributed by atoms with Crippen molar-refractivity contribution in [2.45, 2.75) is 214 Å². The van der Waals surface area contributed by atoms with Crippen LogP contribution in [-0.4, -0.2) is 59.6 Å². The van der Waals surface area contributed by atoms with E-state index in [1.165, 1.54) is 248 Å². The molecule has 8 rings (SSSR count). The highest BCUT2D eigenvalue weighted by molar-refractivity contribution is 8.01. The van der Waals surface area contributed by atoms with Crippen molar-refractivity contribution in [3.05, 3.63) is 217 Å². The number of aryl methyl sites for hydroxylation is 2. The fourth-order valence-corrected chi connectivity index (χ4v) is 21.0. The molecule has 14 nitrogen and oxygen atoms in total. The first kappa shape index (κ1) is 75.8. The summed E-state index contributed by atoms with van der Waals surface area (Å²) in [7, 11) is -26.2. The van der Waals surface area contributed by atoms with E-state index in [0.29, 0.717) is 24.6 Å². The van der Waals surface area contributed by atoms with Gasteiger partial charge in [-0.3, -0.25) is 9.11 Å². The predicted octanol–water partition coefficient (Wildman–Crippen LogP) is 18.0. The maximum Gasteiger partial charge on any atom is 0.294 e. The van der Waals surface area contributed by atoms with Gasteiger partial charge in [0.25, 0.3) is 20.2 Å². The molecule has 0 atom stereocenters. The third-order valence-electron chi connectivity index (χ3n) is 15.5. The monoisotopic (exact) mass is 1400 g/mol. The van der Waals surface area contributed by atoms with Gasteiger partial charge >= 0.3 is 0 Å². The highest BCUT2D eigenvalue weighted by Gasteiger charge is 2.36. The molecule has 0 aromatic heterocycles. The lowest BCUT2D eigenvalue weighted by Gasteiger charge is -2.19. The number of benzene rings is 8. The molecule has 0 unspecified atom stereocenters. The van der Waals surface area contributed by atoms with Crippen molar-refractivity contribution in [3.63, 3.8) is 0 Å². The van der Waals surface area contributed by atoms with Gasteiger partial charge in [-0.1, -0.05) is 263 Å². The molecular weight excluding hydrogens is 1310 g/mol. The summed E-state index contributed by atoms with van der Waals surface area (Å²) in [6, 6.07) is 50.4. The van der Waals surface area contributed by atoms with E-state index in [0.717, 1.165) is 36.8 Å². The summed E-state index contributed by atoms with van der Waals surface area (Å²) in [4.78, 5) is -2.99. The Morgan fingerprint density at radius 1 is 0.258 bits per heavy atom. The molecule has 0 aliphatic carbocycles. The number of hydrogen-bond donors (Lipinski definition) is 2. The molecule has 500 valence electrons. The minimum atomic E-state index is -4.56. The summed E-state index contributed by atoms with van der Waals surface area (Å²) in [5.41, 5.74) is 1.45. The predicted molar refractivity (Wildman–Crippen MR) is 368 cm³/mol. The summed E-state index contributed by atoms with van der Waals surface area (Å²) in [5.74, 6) is 0. The molecule has 8 aromatic rings. The van der Waals surface area contributed by atoms with Crippen LogP contribution in [0.1, 0.15) is 153 Å². The number of hydrogen-bond acceptors (Lipinski definition) is 13. The molecule has 0 saturated carbocycles. The van der Waals surface area contributed by atoms with E-state index in [9.17, 15) is 59.6 Å². The Morgan fingerprint density at radius 2 is 0.495 bits per heavy atom. The molecule has 0 heterocycles. The zero-order chi connectivity index (χ0) is 67.4. The minimum absolute atomic E-state index is 0.0610. The first-order valence-electron chi connectivity index (χ1n) is 31.7. The Labute approximate surface area is 557 Å². The van der Waals surface area contributed by atoms with Crippen molar-refractivity contribution in [2.24, 2.45) is 0 Å². The molecule has 21 heteroatoms. The fourth-order valence-electron chi connectivity index (χ4n) is 10.6. The van der Waals surface area contributed by atoms with Crippen LogP contribution in [0.25, 0.3) is 0 Å². The van der Waals surface area contributed by atoms with Crippen molar-refractivity contribution in [2.75, 3.05) is 0 Å². The van der Waals surface area contributed by atoms with Crippen molar-refractivity contribution < 1.29 is 59.6 Å². The lowest BCUT2D eigenvalue weighted by atomic mass is 10.0. The van der Waals surface area contributed by atoms with Crippen LogP contribution in [-0.2, 0) is 72.4 Å². The summed E-state index contributed by atoms with van der Waals surface area (Å²) < 4.78 is 177. The molecule has 0 aliphatic heterocycles. The van der Waals surface area contributed by atoms with Crippen LogP contribution in [0, 0.1) is 0 Å². The zero-order valence-electron chi connectivity index (χ0n) is 52.8. The summed E-state index contributed by atoms with van der Waals surface area (Å²) in [6.07, 6.45) is 26.6. The third-order valence-corrected chi connectivity index (χ3v) is 26.4. The molecule has 0 fully saturated rings. The average Bonchev–Trinajstić information content (AvgIpc) is 0.780. The Balaban J connectivity index is 0.000000259. The van der Waals surface area contributed by atoms with Gasteiger partial charge in [0.15, 0.2) is 0 Å². The molecule has 0 spiro atoms. The standard InChI is InChI=1S/C36H26O8S5.2C18H30O3S/c37-46(38,27-15-5-1-6-16-27)33-25-13-23-31(35(33)48(41,42)29-19-9-3-10-20-29)45-32-24-14-26-34(47(39,40)28-17-7-2-8-18-28)36(32)49(43,44)30-21-11-4-12-22-30;2*1-2-3-4-5-6-7-8-9-10-11-14-17-15-12-13-16-18(17)22(19,20)21/h1-26H;2*12-13,15-16H,2-11,14H2,1H3,(H,19,20,21). The molecule has 0 radical (unpaired) electrons. The van der Waals surface area contributed by atoms with Crippen molar-refractivity contribution in [1.29, 1.82) is 0 Å². The van der Waals surface area contributed by atoms with E-state index in [2.05, 4.69) is 13.8 Å². The lowest BCUT2D eigenvalue weighted by molar-refractivity contribution is 0.479. The maximum absolute atomic E-state index is 14.4. The highest BCUT2D eigenvalue weighted by Crippen LogP contribution is 2.45. The maximum atomic E-state index is 14.4. The van der Waals surface area contributed by atoms with Gasteiger partial charge < -0.3 is 0 Å². The lowest BCUT2D eigenvalue weighted by Crippen LogP contribution is -2.13. The average molecular weight is 1400 g/mol. The van der Waals surface area contributed by atoms with Gasteiger partial charge in [0.1, 0.15) is 9.79 Å². The minimum Gasteiger partial charge on any atom is -0.282 e. The molecule has 0 saturated heterocycles. The van der Waals surface area contributed by atoms with Crippen molar-refractivity contribution in [3.8, 4) is 0 Å². The number of rotatable bonds is 34. The highest BCUT2D eigenvalue weighted by atomic mass is 32.2. The second-order valence-electron chi connectivity index (χ2n) is 22.6. The molecule has 0 bridgehead atoms. The van der Waals surface area contributed by atoms with E-state index in [-0.39, 0.29) is 39.2 Å². The van der Waals surface area contributed by atoms with Gasteiger partial charge in [0.05, 0.1) is 39.2 Å². The van der Waals surface area contributed by atoms with E-state index in [4.69, 9.17) is 0 Å². The van der Waals surface area contributed by atoms with Gasteiger partial charge in [0, 0.05) is 9.79 Å². The summed E-state index contributed by atoms with van der Waals surface area (Å²) in [5, 5.41) is 0. The van der Waals surface area contributed by atoms with E-state index in [1.807, 2.05) is 12.1 Å². The van der Waals surface area contributed by atoms with Crippen LogP contribution < -0.4 is 0 Å². The second kappa shape index (κ2) is 37.1. The van der Waals surface area contributed by atoms with Gasteiger partial charge in [-0.15, -0.1) is 0 Å². The number of unbranched alkanes of at least 4 members (excludes halogenated alkanes) is 18. The van der Waals surface area contributed by atoms with Crippen LogP contribution in [0.3, 0.4) is 0 Å². The molecular formula is C72H86O14S7. The van der Waals surface area contributed by atoms with Crippen LogP contribution in [0.5, 0.6) is 0 Å². The fraction of sp³-hybridized carbons (Fsp3) is 0.333. The third kappa shape index (κ3) is 22.4. The van der Waals surface area contributed by atoms with Crippen molar-refractivity contribution >= 4 is 71.3 Å². The van der Waals surface area contributed by atoms with Crippen molar-refractivity contribution in [1.82, 2.24) is 0 Å². The van der Waals surface area contributed by atoms with Crippen LogP contribution >= 0.6 is 11.8 Å². The van der Waals surface area contributed by atoms with E-state index >= 15 is 0 Å². The van der Waals surface area contributed by atoms with Crippen LogP contribution in [0.15, 0.2) is 265 Å². The normalized spacial score (nSPS) is 12.1. The largest absolute Gasteiger partial charge is 0.294 e. The second-order valence-corrected chi connectivity index (χ2v) is 34.0. The molecule has 93 heavy (non-hydrogen) atoms.